The molecule has 0 amide bonds. The summed E-state index contributed by atoms with van der Waals surface area (Å²) in [6, 6.07) is 2.93. The van der Waals surface area contributed by atoms with E-state index < -0.39 is 16.3 Å². The molecule has 1 saturated heterocycles. The second-order valence-electron chi connectivity index (χ2n) is 5.21. The molecule has 0 aliphatic carbocycles. The zero-order valence-corrected chi connectivity index (χ0v) is 11.4. The number of furan rings is 1. The maximum Gasteiger partial charge on any atom is 0.433 e. The molecule has 1 aromatic rings. The van der Waals surface area contributed by atoms with Crippen LogP contribution < -0.4 is 0 Å². The van der Waals surface area contributed by atoms with Gasteiger partial charge in [-0.1, -0.05) is 6.92 Å². The first-order valence-electron chi connectivity index (χ1n) is 6.66. The Morgan fingerprint density at radius 2 is 2.15 bits per heavy atom. The molecule has 0 spiro atoms. The van der Waals surface area contributed by atoms with Crippen LogP contribution in [0.4, 0.5) is 5.88 Å². The van der Waals surface area contributed by atoms with Crippen LogP contribution in [0.25, 0.3) is 0 Å². The molecule has 0 saturated carbocycles. The van der Waals surface area contributed by atoms with Gasteiger partial charge in [-0.15, -0.1) is 0 Å². The Morgan fingerprint density at radius 1 is 1.50 bits per heavy atom. The fourth-order valence-corrected chi connectivity index (χ4v) is 2.63. The van der Waals surface area contributed by atoms with Gasteiger partial charge < -0.3 is 9.52 Å². The molecule has 1 fully saturated rings. The van der Waals surface area contributed by atoms with E-state index in [1.807, 2.05) is 6.92 Å². The van der Waals surface area contributed by atoms with Crippen molar-refractivity contribution in [1.82, 2.24) is 4.90 Å². The second kappa shape index (κ2) is 5.62. The Kier molecular flexibility index (Phi) is 4.08. The summed E-state index contributed by atoms with van der Waals surface area (Å²) < 4.78 is 5.12. The lowest BCUT2D eigenvalue weighted by atomic mass is 9.76. The summed E-state index contributed by atoms with van der Waals surface area (Å²) in [5.74, 6) is -0.449. The van der Waals surface area contributed by atoms with Gasteiger partial charge in [-0.25, -0.2) is 0 Å². The smallest absolute Gasteiger partial charge is 0.433 e. The molecule has 2 rings (SSSR count). The number of carboxylic acid groups (broad SMARTS) is 1. The Hall–Kier alpha value is -1.89. The molecule has 20 heavy (non-hydrogen) atoms. The summed E-state index contributed by atoms with van der Waals surface area (Å²) in [5.41, 5.74) is -0.619. The van der Waals surface area contributed by atoms with Gasteiger partial charge in [-0.2, -0.15) is 0 Å². The third-order valence-electron chi connectivity index (χ3n) is 4.15. The van der Waals surface area contributed by atoms with E-state index in [1.165, 1.54) is 6.07 Å². The van der Waals surface area contributed by atoms with E-state index in [2.05, 4.69) is 4.90 Å². The number of hydrogen-bond donors (Lipinski definition) is 1. The zero-order valence-electron chi connectivity index (χ0n) is 11.4. The number of carbonyl (C=O) groups is 1. The molecule has 7 nitrogen and oxygen atoms in total. The fraction of sp³-hybridized carbons (Fsp3) is 0.615. The Bertz CT molecular complexity index is 503. The standard InChI is InChI=1S/C13H18N2O5/c1-2-13(12(16)17)5-7-14(8-6-13)9-10-3-4-11(20-10)15(18)19/h3-4H,2,5-9H2,1H3,(H,16,17). The summed E-state index contributed by atoms with van der Waals surface area (Å²) in [6.07, 6.45) is 1.83. The van der Waals surface area contributed by atoms with Crippen molar-refractivity contribution in [2.24, 2.45) is 5.41 Å². The number of hydrogen-bond acceptors (Lipinski definition) is 5. The van der Waals surface area contributed by atoms with E-state index in [4.69, 9.17) is 4.42 Å². The van der Waals surface area contributed by atoms with Crippen molar-refractivity contribution in [1.29, 1.82) is 0 Å². The van der Waals surface area contributed by atoms with E-state index >= 15 is 0 Å². The zero-order chi connectivity index (χ0) is 14.8. The molecule has 0 atom stereocenters. The first-order chi connectivity index (χ1) is 9.47. The number of aliphatic carboxylic acids is 1. The van der Waals surface area contributed by atoms with Crippen molar-refractivity contribution in [3.63, 3.8) is 0 Å². The molecule has 2 heterocycles. The molecule has 0 aromatic carbocycles. The third-order valence-corrected chi connectivity index (χ3v) is 4.15. The number of nitrogens with zero attached hydrogens (tertiary/aromatic N) is 2. The number of likely N-dealkylation sites (tertiary alicyclic amines) is 1. The monoisotopic (exact) mass is 282 g/mol. The average molecular weight is 282 g/mol. The van der Waals surface area contributed by atoms with Crippen LogP contribution in [0, 0.1) is 15.5 Å². The molecule has 1 N–H and O–H groups in total. The lowest BCUT2D eigenvalue weighted by molar-refractivity contribution is -0.402. The highest BCUT2D eigenvalue weighted by atomic mass is 16.6. The van der Waals surface area contributed by atoms with Gasteiger partial charge in [0.2, 0.25) is 0 Å². The summed E-state index contributed by atoms with van der Waals surface area (Å²) in [6.45, 7) is 3.70. The highest BCUT2D eigenvalue weighted by Gasteiger charge is 2.39. The molecule has 0 bridgehead atoms. The minimum Gasteiger partial charge on any atom is -0.481 e. The van der Waals surface area contributed by atoms with Crippen LogP contribution in [0.2, 0.25) is 0 Å². The Balaban J connectivity index is 1.94. The van der Waals surface area contributed by atoms with E-state index in [1.54, 1.807) is 6.07 Å². The maximum absolute atomic E-state index is 11.3. The molecule has 110 valence electrons. The predicted molar refractivity (Wildman–Crippen MR) is 70.2 cm³/mol. The van der Waals surface area contributed by atoms with Crippen LogP contribution in [0.15, 0.2) is 16.5 Å². The lowest BCUT2D eigenvalue weighted by Crippen LogP contribution is -2.43. The minimum absolute atomic E-state index is 0.259. The molecule has 1 aliphatic rings. The van der Waals surface area contributed by atoms with E-state index in [0.29, 0.717) is 44.7 Å². The first-order valence-corrected chi connectivity index (χ1v) is 6.66. The predicted octanol–water partition coefficient (Wildman–Crippen LogP) is 2.26. The van der Waals surface area contributed by atoms with Gasteiger partial charge in [0.1, 0.15) is 10.7 Å². The van der Waals surface area contributed by atoms with E-state index in [0.717, 1.165) is 0 Å². The van der Waals surface area contributed by atoms with Crippen molar-refractivity contribution >= 4 is 11.9 Å². The quantitative estimate of drug-likeness (QED) is 0.657. The molecule has 0 radical (unpaired) electrons. The number of carboxylic acids is 1. The van der Waals surface area contributed by atoms with Crippen molar-refractivity contribution in [3.05, 3.63) is 28.0 Å². The van der Waals surface area contributed by atoms with E-state index in [9.17, 15) is 20.0 Å². The topological polar surface area (TPSA) is 96.8 Å². The van der Waals surface area contributed by atoms with Gasteiger partial charge in [0, 0.05) is 0 Å². The van der Waals surface area contributed by atoms with Crippen LogP contribution in [-0.2, 0) is 11.3 Å². The summed E-state index contributed by atoms with van der Waals surface area (Å²) in [7, 11) is 0. The lowest BCUT2D eigenvalue weighted by Gasteiger charge is -2.37. The van der Waals surface area contributed by atoms with E-state index in [-0.39, 0.29) is 5.88 Å². The van der Waals surface area contributed by atoms with Crippen molar-refractivity contribution in [3.8, 4) is 0 Å². The van der Waals surface area contributed by atoms with Crippen molar-refractivity contribution in [2.75, 3.05) is 13.1 Å². The van der Waals surface area contributed by atoms with Crippen LogP contribution in [-0.4, -0.2) is 34.0 Å². The maximum atomic E-state index is 11.3. The van der Waals surface area contributed by atoms with Gasteiger partial charge in [0.05, 0.1) is 18.0 Å². The molecule has 1 aromatic heterocycles. The highest BCUT2D eigenvalue weighted by molar-refractivity contribution is 5.74. The fourth-order valence-electron chi connectivity index (χ4n) is 2.63. The van der Waals surface area contributed by atoms with Crippen LogP contribution in [0.5, 0.6) is 0 Å². The number of piperidine rings is 1. The largest absolute Gasteiger partial charge is 0.481 e. The first kappa shape index (κ1) is 14.5. The Labute approximate surface area is 116 Å². The molecular weight excluding hydrogens is 264 g/mol. The normalized spacial score (nSPS) is 18.9. The third kappa shape index (κ3) is 2.82. The van der Waals surface area contributed by atoms with Crippen LogP contribution in [0.1, 0.15) is 31.9 Å². The van der Waals surface area contributed by atoms with Crippen LogP contribution in [0.3, 0.4) is 0 Å². The molecule has 0 unspecified atom stereocenters. The minimum atomic E-state index is -0.728. The van der Waals surface area contributed by atoms with Gasteiger partial charge in [-0.3, -0.25) is 19.8 Å². The molecule has 1 aliphatic heterocycles. The van der Waals surface area contributed by atoms with Gasteiger partial charge >= 0.3 is 11.9 Å². The Morgan fingerprint density at radius 3 is 2.60 bits per heavy atom. The number of rotatable bonds is 5. The average Bonchev–Trinajstić information content (AvgIpc) is 2.88. The van der Waals surface area contributed by atoms with Gasteiger partial charge in [-0.05, 0) is 38.4 Å². The number of nitro groups is 1. The summed E-state index contributed by atoms with van der Waals surface area (Å²) in [4.78, 5) is 23.4. The summed E-state index contributed by atoms with van der Waals surface area (Å²) >= 11 is 0. The molecular formula is C13H18N2O5. The molecule has 7 heteroatoms. The van der Waals surface area contributed by atoms with Crippen molar-refractivity contribution < 1.29 is 19.2 Å². The van der Waals surface area contributed by atoms with Gasteiger partial charge in [0.25, 0.3) is 0 Å². The van der Waals surface area contributed by atoms with Gasteiger partial charge in [0.15, 0.2) is 0 Å². The SMILES string of the molecule is CCC1(C(=O)O)CCN(Cc2ccc([N+](=O)[O-])o2)CC1. The van der Waals surface area contributed by atoms with Crippen molar-refractivity contribution in [2.45, 2.75) is 32.7 Å². The highest BCUT2D eigenvalue weighted by Crippen LogP contribution is 2.35. The second-order valence-corrected chi connectivity index (χ2v) is 5.21. The van der Waals surface area contributed by atoms with Crippen LogP contribution >= 0.6 is 0 Å². The summed E-state index contributed by atoms with van der Waals surface area (Å²) in [5, 5.41) is 19.9.